The monoisotopic (exact) mass is 270 g/mol. The largest absolute Gasteiger partial charge is 0.482 e. The molecule has 3 rings (SSSR count). The SMILES string of the molecule is O=C1COc2ccc(NC(=O)c3cnccn3)cc2N1. The first-order valence-electron chi connectivity index (χ1n) is 5.86. The predicted octanol–water partition coefficient (Wildman–Crippen LogP) is 1.06. The minimum atomic E-state index is -0.374. The fraction of sp³-hybridized carbons (Fsp3) is 0.0769. The molecule has 2 heterocycles. The number of nitrogens with one attached hydrogen (secondary N) is 2. The Morgan fingerprint density at radius 2 is 2.25 bits per heavy atom. The Bertz CT molecular complexity index is 673. The van der Waals surface area contributed by atoms with Gasteiger partial charge < -0.3 is 15.4 Å². The maximum atomic E-state index is 11.9. The lowest BCUT2D eigenvalue weighted by molar-refractivity contribution is -0.118. The molecule has 0 radical (unpaired) electrons. The number of hydrogen-bond acceptors (Lipinski definition) is 5. The molecule has 0 spiro atoms. The average Bonchev–Trinajstić information content (AvgIpc) is 2.47. The van der Waals surface area contributed by atoms with Gasteiger partial charge >= 0.3 is 0 Å². The zero-order valence-corrected chi connectivity index (χ0v) is 10.3. The summed E-state index contributed by atoms with van der Waals surface area (Å²) in [6.07, 6.45) is 4.30. The van der Waals surface area contributed by atoms with Crippen LogP contribution >= 0.6 is 0 Å². The van der Waals surface area contributed by atoms with Crippen LogP contribution in [-0.2, 0) is 4.79 Å². The molecule has 7 heteroatoms. The van der Waals surface area contributed by atoms with Crippen LogP contribution in [0.1, 0.15) is 10.5 Å². The van der Waals surface area contributed by atoms with Crippen molar-refractivity contribution in [2.24, 2.45) is 0 Å². The second-order valence-electron chi connectivity index (χ2n) is 4.09. The smallest absolute Gasteiger partial charge is 0.275 e. The maximum Gasteiger partial charge on any atom is 0.275 e. The van der Waals surface area contributed by atoms with Crippen molar-refractivity contribution in [3.63, 3.8) is 0 Å². The van der Waals surface area contributed by atoms with E-state index < -0.39 is 0 Å². The van der Waals surface area contributed by atoms with Gasteiger partial charge in [-0.25, -0.2) is 4.98 Å². The van der Waals surface area contributed by atoms with E-state index >= 15 is 0 Å². The molecule has 20 heavy (non-hydrogen) atoms. The molecule has 1 aliphatic heterocycles. The van der Waals surface area contributed by atoms with Crippen molar-refractivity contribution in [2.75, 3.05) is 17.2 Å². The van der Waals surface area contributed by atoms with Crippen molar-refractivity contribution in [2.45, 2.75) is 0 Å². The highest BCUT2D eigenvalue weighted by molar-refractivity contribution is 6.03. The van der Waals surface area contributed by atoms with E-state index in [1.807, 2.05) is 0 Å². The highest BCUT2D eigenvalue weighted by atomic mass is 16.5. The van der Waals surface area contributed by atoms with Crippen molar-refractivity contribution in [3.05, 3.63) is 42.5 Å². The molecule has 1 aliphatic rings. The molecule has 1 aromatic carbocycles. The molecular weight excluding hydrogens is 260 g/mol. The third kappa shape index (κ3) is 2.41. The van der Waals surface area contributed by atoms with E-state index in [0.717, 1.165) is 0 Å². The first kappa shape index (κ1) is 12.1. The quantitative estimate of drug-likeness (QED) is 0.851. The Morgan fingerprint density at radius 3 is 3.05 bits per heavy atom. The van der Waals surface area contributed by atoms with Gasteiger partial charge in [0.1, 0.15) is 11.4 Å². The molecule has 0 atom stereocenters. The zero-order chi connectivity index (χ0) is 13.9. The highest BCUT2D eigenvalue weighted by Crippen LogP contribution is 2.30. The van der Waals surface area contributed by atoms with Crippen LogP contribution in [-0.4, -0.2) is 28.4 Å². The number of aromatic nitrogens is 2. The number of benzene rings is 1. The van der Waals surface area contributed by atoms with Crippen LogP contribution in [0.3, 0.4) is 0 Å². The molecule has 2 N–H and O–H groups in total. The Hall–Kier alpha value is -2.96. The number of fused-ring (bicyclic) bond motifs is 1. The van der Waals surface area contributed by atoms with Crippen LogP contribution in [0.5, 0.6) is 5.75 Å². The molecule has 0 aliphatic carbocycles. The number of amides is 2. The van der Waals surface area contributed by atoms with E-state index in [4.69, 9.17) is 4.74 Å². The fourth-order valence-electron chi connectivity index (χ4n) is 1.77. The van der Waals surface area contributed by atoms with Gasteiger partial charge in [0.2, 0.25) is 0 Å². The van der Waals surface area contributed by atoms with Crippen molar-refractivity contribution in [1.82, 2.24) is 9.97 Å². The van der Waals surface area contributed by atoms with Crippen LogP contribution < -0.4 is 15.4 Å². The molecular formula is C13H10N4O3. The van der Waals surface area contributed by atoms with E-state index in [-0.39, 0.29) is 24.1 Å². The minimum Gasteiger partial charge on any atom is -0.482 e. The topological polar surface area (TPSA) is 93.2 Å². The van der Waals surface area contributed by atoms with Crippen LogP contribution in [0.25, 0.3) is 0 Å². The second-order valence-corrected chi connectivity index (χ2v) is 4.09. The molecule has 1 aromatic heterocycles. The lowest BCUT2D eigenvalue weighted by Gasteiger charge is -2.18. The molecule has 2 aromatic rings. The van der Waals surface area contributed by atoms with Crippen LogP contribution in [0.2, 0.25) is 0 Å². The summed E-state index contributed by atoms with van der Waals surface area (Å²) in [5, 5.41) is 5.34. The van der Waals surface area contributed by atoms with E-state index in [9.17, 15) is 9.59 Å². The van der Waals surface area contributed by atoms with Crippen molar-refractivity contribution >= 4 is 23.2 Å². The molecule has 0 fully saturated rings. The maximum absolute atomic E-state index is 11.9. The summed E-state index contributed by atoms with van der Waals surface area (Å²) in [6.45, 7) is -0.00168. The Labute approximate surface area is 114 Å². The number of nitrogens with zero attached hydrogens (tertiary/aromatic N) is 2. The van der Waals surface area contributed by atoms with Gasteiger partial charge in [-0.15, -0.1) is 0 Å². The number of anilines is 2. The minimum absolute atomic E-state index is 0.00168. The fourth-order valence-corrected chi connectivity index (χ4v) is 1.77. The second kappa shape index (κ2) is 4.96. The standard InChI is InChI=1S/C13H10N4O3/c18-12-7-20-11-2-1-8(5-9(11)17-12)16-13(19)10-6-14-3-4-15-10/h1-6H,7H2,(H,16,19)(H,17,18). The number of carbonyl (C=O) groups excluding carboxylic acids is 2. The Balaban J connectivity index is 1.80. The Kier molecular flexibility index (Phi) is 3.00. The molecule has 100 valence electrons. The lowest BCUT2D eigenvalue weighted by atomic mass is 10.2. The summed E-state index contributed by atoms with van der Waals surface area (Å²) >= 11 is 0. The van der Waals surface area contributed by atoms with Crippen LogP contribution in [0.4, 0.5) is 11.4 Å². The van der Waals surface area contributed by atoms with Gasteiger partial charge in [-0.05, 0) is 18.2 Å². The van der Waals surface area contributed by atoms with Crippen LogP contribution in [0.15, 0.2) is 36.8 Å². The molecule has 2 amide bonds. The normalized spacial score (nSPS) is 12.9. The molecule has 7 nitrogen and oxygen atoms in total. The lowest BCUT2D eigenvalue weighted by Crippen LogP contribution is -2.25. The molecule has 0 bridgehead atoms. The van der Waals surface area contributed by atoms with Gasteiger partial charge in [0.05, 0.1) is 11.9 Å². The summed E-state index contributed by atoms with van der Waals surface area (Å²) in [6, 6.07) is 4.99. The number of ether oxygens (including phenoxy) is 1. The van der Waals surface area contributed by atoms with Gasteiger partial charge in [-0.3, -0.25) is 14.6 Å². The van der Waals surface area contributed by atoms with Crippen LogP contribution in [0, 0.1) is 0 Å². The number of rotatable bonds is 2. The first-order valence-corrected chi connectivity index (χ1v) is 5.86. The predicted molar refractivity (Wildman–Crippen MR) is 70.6 cm³/mol. The molecule has 0 saturated heterocycles. The summed E-state index contributed by atoms with van der Waals surface area (Å²) in [4.78, 5) is 30.9. The van der Waals surface area contributed by atoms with Gasteiger partial charge in [0.15, 0.2) is 6.61 Å². The van der Waals surface area contributed by atoms with Gasteiger partial charge in [0, 0.05) is 18.1 Å². The van der Waals surface area contributed by atoms with E-state index in [0.29, 0.717) is 17.1 Å². The van der Waals surface area contributed by atoms with Gasteiger partial charge in [0.25, 0.3) is 11.8 Å². The summed E-state index contributed by atoms with van der Waals surface area (Å²) < 4.78 is 5.23. The molecule has 0 saturated carbocycles. The number of hydrogen-bond donors (Lipinski definition) is 2. The third-order valence-electron chi connectivity index (χ3n) is 2.67. The zero-order valence-electron chi connectivity index (χ0n) is 10.3. The van der Waals surface area contributed by atoms with Gasteiger partial charge in [-0.1, -0.05) is 0 Å². The summed E-state index contributed by atoms with van der Waals surface area (Å²) in [5.74, 6) is -0.0295. The summed E-state index contributed by atoms with van der Waals surface area (Å²) in [5.41, 5.74) is 1.27. The Morgan fingerprint density at radius 1 is 1.35 bits per heavy atom. The third-order valence-corrected chi connectivity index (χ3v) is 2.67. The van der Waals surface area contributed by atoms with Crippen molar-refractivity contribution in [3.8, 4) is 5.75 Å². The van der Waals surface area contributed by atoms with Gasteiger partial charge in [-0.2, -0.15) is 0 Å². The van der Waals surface area contributed by atoms with Crippen molar-refractivity contribution < 1.29 is 14.3 Å². The highest BCUT2D eigenvalue weighted by Gasteiger charge is 2.16. The average molecular weight is 270 g/mol. The first-order chi connectivity index (χ1) is 9.72. The van der Waals surface area contributed by atoms with E-state index in [1.165, 1.54) is 18.6 Å². The summed E-state index contributed by atoms with van der Waals surface area (Å²) in [7, 11) is 0. The molecule has 0 unspecified atom stereocenters. The number of carbonyl (C=O) groups is 2. The van der Waals surface area contributed by atoms with E-state index in [1.54, 1.807) is 18.2 Å². The van der Waals surface area contributed by atoms with Crippen molar-refractivity contribution in [1.29, 1.82) is 0 Å². The van der Waals surface area contributed by atoms with E-state index in [2.05, 4.69) is 20.6 Å².